The van der Waals surface area contributed by atoms with Crippen molar-refractivity contribution in [1.29, 1.82) is 0 Å². The van der Waals surface area contributed by atoms with Crippen molar-refractivity contribution < 1.29 is 19.0 Å². The summed E-state index contributed by atoms with van der Waals surface area (Å²) in [5.74, 6) is -0.106. The molecule has 4 heteroatoms. The van der Waals surface area contributed by atoms with Crippen LogP contribution in [0.25, 0.3) is 0 Å². The molecule has 0 aromatic carbocycles. The largest absolute Gasteiger partial charge is 0.466 e. The molecule has 0 aliphatic carbocycles. The van der Waals surface area contributed by atoms with E-state index in [0.717, 1.165) is 19.3 Å². The third kappa shape index (κ3) is 17.3. The number of esters is 1. The second kappa shape index (κ2) is 15.8. The number of carbonyl (C=O) groups excluding carboxylic acids is 1. The van der Waals surface area contributed by atoms with Crippen molar-refractivity contribution in [2.45, 2.75) is 78.2 Å². The summed E-state index contributed by atoms with van der Waals surface area (Å²) in [6.45, 7) is 8.56. The van der Waals surface area contributed by atoms with E-state index in [1.165, 1.54) is 25.7 Å². The number of carbonyl (C=O) groups is 1. The van der Waals surface area contributed by atoms with E-state index in [2.05, 4.69) is 6.92 Å². The van der Waals surface area contributed by atoms with Crippen molar-refractivity contribution in [3.8, 4) is 0 Å². The average molecular weight is 302 g/mol. The van der Waals surface area contributed by atoms with Gasteiger partial charge in [-0.15, -0.1) is 0 Å². The molecule has 0 aromatic heterocycles. The molecule has 0 unspecified atom stereocenters. The van der Waals surface area contributed by atoms with E-state index in [0.29, 0.717) is 32.8 Å². The number of hydrogen-bond donors (Lipinski definition) is 0. The molecule has 0 rings (SSSR count). The van der Waals surface area contributed by atoms with Gasteiger partial charge < -0.3 is 14.2 Å². The molecule has 0 aromatic rings. The van der Waals surface area contributed by atoms with Gasteiger partial charge in [0.1, 0.15) is 0 Å². The molecule has 0 saturated carbocycles. The van der Waals surface area contributed by atoms with Gasteiger partial charge in [-0.2, -0.15) is 0 Å². The van der Waals surface area contributed by atoms with Crippen LogP contribution in [0, 0.1) is 0 Å². The van der Waals surface area contributed by atoms with Crippen molar-refractivity contribution in [3.05, 3.63) is 0 Å². The summed E-state index contributed by atoms with van der Waals surface area (Å²) in [7, 11) is 0. The molecule has 0 heterocycles. The highest BCUT2D eigenvalue weighted by atomic mass is 16.5. The molecule has 0 aliphatic heterocycles. The first-order valence-corrected chi connectivity index (χ1v) is 8.51. The second-order valence-corrected chi connectivity index (χ2v) is 5.62. The minimum atomic E-state index is -0.106. The Kier molecular flexibility index (Phi) is 15.3. The van der Waals surface area contributed by atoms with Crippen LogP contribution in [0.15, 0.2) is 0 Å². The molecule has 0 radical (unpaired) electrons. The molecule has 0 aliphatic rings. The van der Waals surface area contributed by atoms with Crippen LogP contribution in [0.4, 0.5) is 0 Å². The molecule has 0 spiro atoms. The number of unbranched alkanes of at least 4 members (excludes halogenated alkanes) is 5. The van der Waals surface area contributed by atoms with Crippen molar-refractivity contribution in [1.82, 2.24) is 0 Å². The fourth-order valence-corrected chi connectivity index (χ4v) is 1.90. The lowest BCUT2D eigenvalue weighted by molar-refractivity contribution is -0.144. The molecule has 4 nitrogen and oxygen atoms in total. The Bertz CT molecular complexity index is 229. The van der Waals surface area contributed by atoms with Crippen LogP contribution in [0.3, 0.4) is 0 Å². The predicted molar refractivity (Wildman–Crippen MR) is 85.5 cm³/mol. The van der Waals surface area contributed by atoms with Crippen LogP contribution < -0.4 is 0 Å². The van der Waals surface area contributed by atoms with E-state index < -0.39 is 0 Å². The average Bonchev–Trinajstić information content (AvgIpc) is 2.45. The third-order valence-electron chi connectivity index (χ3n) is 3.11. The summed E-state index contributed by atoms with van der Waals surface area (Å²) in [4.78, 5) is 11.5. The zero-order chi connectivity index (χ0) is 15.8. The van der Waals surface area contributed by atoms with E-state index in [1.54, 1.807) is 0 Å². The molecular weight excluding hydrogens is 268 g/mol. The van der Waals surface area contributed by atoms with Crippen molar-refractivity contribution in [3.63, 3.8) is 0 Å². The molecule has 0 fully saturated rings. The van der Waals surface area contributed by atoms with Crippen LogP contribution in [-0.2, 0) is 19.0 Å². The summed E-state index contributed by atoms with van der Waals surface area (Å²) < 4.78 is 15.9. The van der Waals surface area contributed by atoms with Crippen molar-refractivity contribution in [2.24, 2.45) is 0 Å². The van der Waals surface area contributed by atoms with Gasteiger partial charge in [0, 0.05) is 13.0 Å². The van der Waals surface area contributed by atoms with E-state index >= 15 is 0 Å². The maximum atomic E-state index is 11.5. The quantitative estimate of drug-likeness (QED) is 0.337. The highest BCUT2D eigenvalue weighted by Gasteiger charge is 2.02. The minimum absolute atomic E-state index is 0.106. The van der Waals surface area contributed by atoms with E-state index in [4.69, 9.17) is 14.2 Å². The summed E-state index contributed by atoms with van der Waals surface area (Å²) in [5, 5.41) is 0. The molecule has 0 bridgehead atoms. The van der Waals surface area contributed by atoms with Crippen LogP contribution in [0.1, 0.15) is 72.1 Å². The Morgan fingerprint density at radius 2 is 1.57 bits per heavy atom. The fourth-order valence-electron chi connectivity index (χ4n) is 1.90. The van der Waals surface area contributed by atoms with E-state index in [1.807, 2.05) is 13.8 Å². The monoisotopic (exact) mass is 302 g/mol. The highest BCUT2D eigenvalue weighted by molar-refractivity contribution is 5.69. The molecule has 0 saturated heterocycles. The first kappa shape index (κ1) is 20.4. The number of hydrogen-bond acceptors (Lipinski definition) is 4. The predicted octanol–water partition coefficient (Wildman–Crippen LogP) is 4.11. The number of rotatable bonds is 15. The molecule has 21 heavy (non-hydrogen) atoms. The van der Waals surface area contributed by atoms with Gasteiger partial charge in [0.15, 0.2) is 0 Å². The van der Waals surface area contributed by atoms with Gasteiger partial charge in [-0.1, -0.05) is 39.0 Å². The van der Waals surface area contributed by atoms with Gasteiger partial charge in [-0.3, -0.25) is 4.79 Å². The lowest BCUT2D eigenvalue weighted by Gasteiger charge is -2.08. The summed E-state index contributed by atoms with van der Waals surface area (Å²) >= 11 is 0. The molecule has 126 valence electrons. The SMILES string of the molecule is CCCCCCCCOC(=O)CCCOCCOC(C)C. The maximum absolute atomic E-state index is 11.5. The van der Waals surface area contributed by atoms with Gasteiger partial charge in [-0.05, 0) is 26.7 Å². The second-order valence-electron chi connectivity index (χ2n) is 5.62. The summed E-state index contributed by atoms with van der Waals surface area (Å²) in [6, 6.07) is 0. The Labute approximate surface area is 130 Å². The molecular formula is C17H34O4. The Hall–Kier alpha value is -0.610. The Morgan fingerprint density at radius 1 is 0.857 bits per heavy atom. The lowest BCUT2D eigenvalue weighted by atomic mass is 10.1. The smallest absolute Gasteiger partial charge is 0.305 e. The molecule has 0 amide bonds. The zero-order valence-corrected chi connectivity index (χ0v) is 14.2. The standard InChI is InChI=1S/C17H34O4/c1-4-5-6-7-8-9-13-21-17(18)11-10-12-19-14-15-20-16(2)3/h16H,4-15H2,1-3H3. The first-order chi connectivity index (χ1) is 10.2. The highest BCUT2D eigenvalue weighted by Crippen LogP contribution is 2.05. The van der Waals surface area contributed by atoms with Gasteiger partial charge in [0.05, 0.1) is 25.9 Å². The Morgan fingerprint density at radius 3 is 2.29 bits per heavy atom. The van der Waals surface area contributed by atoms with Crippen LogP contribution >= 0.6 is 0 Å². The summed E-state index contributed by atoms with van der Waals surface area (Å²) in [6.07, 6.45) is 8.66. The number of ether oxygens (including phenoxy) is 3. The van der Waals surface area contributed by atoms with Gasteiger partial charge in [0.2, 0.25) is 0 Å². The van der Waals surface area contributed by atoms with Crippen LogP contribution in [-0.4, -0.2) is 38.5 Å². The topological polar surface area (TPSA) is 44.8 Å². The Balaban J connectivity index is 3.16. The minimum Gasteiger partial charge on any atom is -0.466 e. The lowest BCUT2D eigenvalue weighted by Crippen LogP contribution is -2.11. The normalized spacial score (nSPS) is 11.0. The molecule has 0 atom stereocenters. The van der Waals surface area contributed by atoms with Crippen molar-refractivity contribution in [2.75, 3.05) is 26.4 Å². The zero-order valence-electron chi connectivity index (χ0n) is 14.2. The van der Waals surface area contributed by atoms with Crippen molar-refractivity contribution >= 4 is 5.97 Å². The van der Waals surface area contributed by atoms with E-state index in [-0.39, 0.29) is 12.1 Å². The first-order valence-electron chi connectivity index (χ1n) is 8.51. The van der Waals surface area contributed by atoms with Gasteiger partial charge >= 0.3 is 5.97 Å². The van der Waals surface area contributed by atoms with Gasteiger partial charge in [0.25, 0.3) is 0 Å². The van der Waals surface area contributed by atoms with Crippen LogP contribution in [0.2, 0.25) is 0 Å². The summed E-state index contributed by atoms with van der Waals surface area (Å²) in [5.41, 5.74) is 0. The van der Waals surface area contributed by atoms with Crippen LogP contribution in [0.5, 0.6) is 0 Å². The van der Waals surface area contributed by atoms with E-state index in [9.17, 15) is 4.79 Å². The third-order valence-corrected chi connectivity index (χ3v) is 3.11. The van der Waals surface area contributed by atoms with Gasteiger partial charge in [-0.25, -0.2) is 0 Å². The molecule has 0 N–H and O–H groups in total. The maximum Gasteiger partial charge on any atom is 0.305 e. The fraction of sp³-hybridized carbons (Fsp3) is 0.941.